The van der Waals surface area contributed by atoms with Crippen molar-refractivity contribution in [3.63, 3.8) is 0 Å². The summed E-state index contributed by atoms with van der Waals surface area (Å²) in [6.07, 6.45) is 2.17. The number of fused-ring (bicyclic) bond motifs is 1. The predicted molar refractivity (Wildman–Crippen MR) is 109 cm³/mol. The number of benzene rings is 2. The molecule has 0 spiro atoms. The third-order valence-electron chi connectivity index (χ3n) is 4.86. The molecule has 2 heterocycles. The Labute approximate surface area is 166 Å². The third kappa shape index (κ3) is 4.22. The van der Waals surface area contributed by atoms with E-state index in [1.165, 1.54) is 5.56 Å². The van der Waals surface area contributed by atoms with E-state index in [4.69, 9.17) is 9.72 Å². The van der Waals surface area contributed by atoms with Crippen LogP contribution in [0.25, 0.3) is 11.0 Å². The molecule has 1 saturated heterocycles. The number of para-hydroxylation sites is 2. The molecule has 1 aromatic heterocycles. The Morgan fingerprint density at radius 1 is 1.22 bits per heavy atom. The fourth-order valence-electron chi connectivity index (χ4n) is 3.46. The van der Waals surface area contributed by atoms with Crippen LogP contribution in [0.15, 0.2) is 53.0 Å². The smallest absolute Gasteiger partial charge is 0.249 e. The maximum atomic E-state index is 12.1. The van der Waals surface area contributed by atoms with E-state index in [0.717, 1.165) is 40.7 Å². The first-order valence-electron chi connectivity index (χ1n) is 9.28. The first-order chi connectivity index (χ1) is 13.2. The number of hydrogen-bond donors (Lipinski definition) is 1. The van der Waals surface area contributed by atoms with Crippen molar-refractivity contribution < 1.29 is 9.53 Å². The first kappa shape index (κ1) is 18.2. The topological polar surface area (TPSA) is 56.2 Å². The molecule has 0 saturated carbocycles. The number of ether oxygens (including phenoxy) is 1. The lowest BCUT2D eigenvalue weighted by Gasteiger charge is -2.12. The van der Waals surface area contributed by atoms with Gasteiger partial charge in [0.25, 0.3) is 0 Å². The van der Waals surface area contributed by atoms with E-state index in [1.54, 1.807) is 0 Å². The number of imidazole rings is 1. The normalized spacial score (nSPS) is 16.7. The minimum absolute atomic E-state index is 0.0110. The van der Waals surface area contributed by atoms with E-state index < -0.39 is 0 Å². The van der Waals surface area contributed by atoms with E-state index in [0.29, 0.717) is 19.6 Å². The quantitative estimate of drug-likeness (QED) is 0.652. The summed E-state index contributed by atoms with van der Waals surface area (Å²) in [5.41, 5.74) is 3.31. The number of rotatable bonds is 6. The van der Waals surface area contributed by atoms with Crippen molar-refractivity contribution >= 4 is 32.9 Å². The standard InChI is InChI=1S/C21H22BrN3O2/c22-16-9-7-15(8-10-16)14-25-18-5-2-1-4-17(18)24-20(25)11-12-23-21(26)19-6-3-13-27-19/h1-2,4-5,7-10,19H,3,6,11-14H2,(H,23,26). The van der Waals surface area contributed by atoms with Gasteiger partial charge in [0.05, 0.1) is 11.0 Å². The summed E-state index contributed by atoms with van der Waals surface area (Å²) in [5.74, 6) is 0.967. The minimum atomic E-state index is -0.286. The second-order valence-corrected chi connectivity index (χ2v) is 7.69. The summed E-state index contributed by atoms with van der Waals surface area (Å²) < 4.78 is 8.74. The molecule has 1 N–H and O–H groups in total. The average Bonchev–Trinajstić information content (AvgIpc) is 3.33. The Balaban J connectivity index is 1.50. The number of nitrogens with one attached hydrogen (secondary N) is 1. The highest BCUT2D eigenvalue weighted by atomic mass is 79.9. The van der Waals surface area contributed by atoms with Crippen LogP contribution in [0.4, 0.5) is 0 Å². The Morgan fingerprint density at radius 3 is 2.81 bits per heavy atom. The molecule has 2 aromatic carbocycles. The lowest BCUT2D eigenvalue weighted by molar-refractivity contribution is -0.130. The molecule has 27 heavy (non-hydrogen) atoms. The molecule has 4 rings (SSSR count). The molecule has 3 aromatic rings. The molecule has 0 bridgehead atoms. The Hall–Kier alpha value is -2.18. The maximum absolute atomic E-state index is 12.1. The fourth-order valence-corrected chi connectivity index (χ4v) is 3.73. The van der Waals surface area contributed by atoms with Gasteiger partial charge in [0, 0.05) is 30.6 Å². The van der Waals surface area contributed by atoms with Crippen LogP contribution < -0.4 is 5.32 Å². The van der Waals surface area contributed by atoms with Gasteiger partial charge in [0.1, 0.15) is 11.9 Å². The van der Waals surface area contributed by atoms with Gasteiger partial charge in [0.2, 0.25) is 5.91 Å². The second-order valence-electron chi connectivity index (χ2n) is 6.77. The molecule has 1 fully saturated rings. The van der Waals surface area contributed by atoms with Gasteiger partial charge in [-0.15, -0.1) is 0 Å². The largest absolute Gasteiger partial charge is 0.368 e. The zero-order valence-corrected chi connectivity index (χ0v) is 16.6. The zero-order chi connectivity index (χ0) is 18.6. The minimum Gasteiger partial charge on any atom is -0.368 e. The summed E-state index contributed by atoms with van der Waals surface area (Å²) in [6, 6.07) is 16.5. The van der Waals surface area contributed by atoms with E-state index in [1.807, 2.05) is 18.2 Å². The van der Waals surface area contributed by atoms with Gasteiger partial charge in [-0.3, -0.25) is 4.79 Å². The average molecular weight is 428 g/mol. The van der Waals surface area contributed by atoms with Crippen molar-refractivity contribution in [3.05, 3.63) is 64.4 Å². The van der Waals surface area contributed by atoms with Gasteiger partial charge < -0.3 is 14.6 Å². The van der Waals surface area contributed by atoms with Crippen LogP contribution in [-0.2, 0) is 22.5 Å². The molecular weight excluding hydrogens is 406 g/mol. The second kappa shape index (κ2) is 8.23. The summed E-state index contributed by atoms with van der Waals surface area (Å²) in [4.78, 5) is 16.9. The number of aromatic nitrogens is 2. The lowest BCUT2D eigenvalue weighted by Crippen LogP contribution is -2.35. The fraction of sp³-hybridized carbons (Fsp3) is 0.333. The molecule has 1 amide bonds. The summed E-state index contributed by atoms with van der Waals surface area (Å²) in [6.45, 7) is 1.99. The van der Waals surface area contributed by atoms with E-state index in [-0.39, 0.29) is 12.0 Å². The molecule has 0 aliphatic carbocycles. The van der Waals surface area contributed by atoms with Gasteiger partial charge in [-0.05, 0) is 42.7 Å². The predicted octanol–water partition coefficient (Wildman–Crippen LogP) is 3.68. The molecule has 0 radical (unpaired) electrons. The SMILES string of the molecule is O=C(NCCc1nc2ccccc2n1Cc1ccc(Br)cc1)C1CCCO1. The number of amides is 1. The molecule has 6 heteroatoms. The van der Waals surface area contributed by atoms with Gasteiger partial charge in [-0.1, -0.05) is 40.2 Å². The van der Waals surface area contributed by atoms with Gasteiger partial charge in [0.15, 0.2) is 0 Å². The molecule has 1 aliphatic rings. The third-order valence-corrected chi connectivity index (χ3v) is 5.39. The summed E-state index contributed by atoms with van der Waals surface area (Å²) in [5, 5.41) is 2.99. The zero-order valence-electron chi connectivity index (χ0n) is 15.0. The highest BCUT2D eigenvalue weighted by molar-refractivity contribution is 9.10. The number of carbonyl (C=O) groups is 1. The molecular formula is C21H22BrN3O2. The van der Waals surface area contributed by atoms with E-state index in [2.05, 4.69) is 56.1 Å². The van der Waals surface area contributed by atoms with Gasteiger partial charge in [-0.25, -0.2) is 4.98 Å². The van der Waals surface area contributed by atoms with Crippen molar-refractivity contribution in [1.29, 1.82) is 0 Å². The van der Waals surface area contributed by atoms with E-state index >= 15 is 0 Å². The van der Waals surface area contributed by atoms with Crippen LogP contribution in [0.2, 0.25) is 0 Å². The van der Waals surface area contributed by atoms with Crippen LogP contribution in [0.1, 0.15) is 24.2 Å². The van der Waals surface area contributed by atoms with Crippen LogP contribution in [0.3, 0.4) is 0 Å². The van der Waals surface area contributed by atoms with Crippen molar-refractivity contribution in [2.24, 2.45) is 0 Å². The number of halogens is 1. The maximum Gasteiger partial charge on any atom is 0.249 e. The summed E-state index contributed by atoms with van der Waals surface area (Å²) in [7, 11) is 0. The molecule has 5 nitrogen and oxygen atoms in total. The van der Waals surface area contributed by atoms with E-state index in [9.17, 15) is 4.79 Å². The number of nitrogens with zero attached hydrogens (tertiary/aromatic N) is 2. The molecule has 1 atom stereocenters. The Morgan fingerprint density at radius 2 is 2.04 bits per heavy atom. The number of hydrogen-bond acceptors (Lipinski definition) is 3. The van der Waals surface area contributed by atoms with Crippen molar-refractivity contribution in [2.75, 3.05) is 13.2 Å². The summed E-state index contributed by atoms with van der Waals surface area (Å²) >= 11 is 3.48. The molecule has 140 valence electrons. The van der Waals surface area contributed by atoms with Crippen molar-refractivity contribution in [2.45, 2.75) is 31.9 Å². The van der Waals surface area contributed by atoms with Gasteiger partial charge >= 0.3 is 0 Å². The van der Waals surface area contributed by atoms with Crippen molar-refractivity contribution in [1.82, 2.24) is 14.9 Å². The number of carbonyl (C=O) groups excluding carboxylic acids is 1. The van der Waals surface area contributed by atoms with Crippen molar-refractivity contribution in [3.8, 4) is 0 Å². The van der Waals surface area contributed by atoms with Gasteiger partial charge in [-0.2, -0.15) is 0 Å². The van der Waals surface area contributed by atoms with Crippen LogP contribution >= 0.6 is 15.9 Å². The molecule has 1 aliphatic heterocycles. The monoisotopic (exact) mass is 427 g/mol. The highest BCUT2D eigenvalue weighted by Gasteiger charge is 2.23. The lowest BCUT2D eigenvalue weighted by atomic mass is 10.2. The first-order valence-corrected chi connectivity index (χ1v) is 10.1. The van der Waals surface area contributed by atoms with Crippen LogP contribution in [-0.4, -0.2) is 34.7 Å². The van der Waals surface area contributed by atoms with Crippen LogP contribution in [0.5, 0.6) is 0 Å². The molecule has 1 unspecified atom stereocenters. The van der Waals surface area contributed by atoms with Crippen LogP contribution in [0, 0.1) is 0 Å². The highest BCUT2D eigenvalue weighted by Crippen LogP contribution is 2.19. The Bertz CT molecular complexity index is 930. The Kier molecular flexibility index (Phi) is 5.55.